The fourth-order valence-corrected chi connectivity index (χ4v) is 3.27. The Hall–Kier alpha value is -3.60. The third-order valence-electron chi connectivity index (χ3n) is 5.08. The van der Waals surface area contributed by atoms with E-state index in [0.29, 0.717) is 12.3 Å². The van der Waals surface area contributed by atoms with Crippen molar-refractivity contribution in [2.45, 2.75) is 45.3 Å². The van der Waals surface area contributed by atoms with Crippen LogP contribution in [0.2, 0.25) is 0 Å². The predicted molar refractivity (Wildman–Crippen MR) is 127 cm³/mol. The lowest BCUT2D eigenvalue weighted by molar-refractivity contribution is -0.124. The van der Waals surface area contributed by atoms with E-state index in [-0.39, 0.29) is 30.7 Å². The van der Waals surface area contributed by atoms with Crippen LogP contribution in [0.1, 0.15) is 37.3 Å². The molecular weight excluding hydrogens is 400 g/mol. The van der Waals surface area contributed by atoms with Crippen LogP contribution in [0.4, 0.5) is 5.69 Å². The van der Waals surface area contributed by atoms with Gasteiger partial charge in [-0.2, -0.15) is 0 Å². The summed E-state index contributed by atoms with van der Waals surface area (Å²) >= 11 is 0. The minimum Gasteiger partial charge on any atom is -0.489 e. The molecule has 0 aliphatic carbocycles. The number of hydrogen-bond donors (Lipinski definition) is 2. The van der Waals surface area contributed by atoms with Gasteiger partial charge in [-0.25, -0.2) is 0 Å². The Morgan fingerprint density at radius 2 is 1.38 bits per heavy atom. The van der Waals surface area contributed by atoms with Gasteiger partial charge in [-0.05, 0) is 55.2 Å². The molecule has 0 fully saturated rings. The lowest BCUT2D eigenvalue weighted by atomic mass is 10.1. The minimum atomic E-state index is -0.185. The summed E-state index contributed by atoms with van der Waals surface area (Å²) in [5.41, 5.74) is 3.03. The molecule has 0 aliphatic rings. The van der Waals surface area contributed by atoms with Crippen LogP contribution in [0.5, 0.6) is 5.75 Å². The van der Waals surface area contributed by atoms with E-state index >= 15 is 0 Å². The van der Waals surface area contributed by atoms with Gasteiger partial charge in [0.2, 0.25) is 11.8 Å². The highest BCUT2D eigenvalue weighted by atomic mass is 16.5. The molecule has 2 N–H and O–H groups in total. The molecule has 0 aliphatic heterocycles. The Morgan fingerprint density at radius 3 is 2.03 bits per heavy atom. The van der Waals surface area contributed by atoms with Crippen LogP contribution >= 0.6 is 0 Å². The van der Waals surface area contributed by atoms with Gasteiger partial charge in [0.1, 0.15) is 12.4 Å². The summed E-state index contributed by atoms with van der Waals surface area (Å²) in [6.45, 7) is 2.48. The molecule has 0 aromatic heterocycles. The van der Waals surface area contributed by atoms with Crippen molar-refractivity contribution in [3.8, 4) is 5.75 Å². The van der Waals surface area contributed by atoms with Gasteiger partial charge in [-0.1, -0.05) is 60.7 Å². The average molecular weight is 431 g/mol. The van der Waals surface area contributed by atoms with Gasteiger partial charge in [-0.15, -0.1) is 0 Å². The van der Waals surface area contributed by atoms with E-state index in [1.807, 2.05) is 67.6 Å². The van der Waals surface area contributed by atoms with Crippen LogP contribution in [-0.2, 0) is 22.6 Å². The molecule has 3 rings (SSSR count). The first kappa shape index (κ1) is 23.1. The Balaban J connectivity index is 1.33. The summed E-state index contributed by atoms with van der Waals surface area (Å²) in [5, 5.41) is 5.79. The molecule has 166 valence electrons. The van der Waals surface area contributed by atoms with Gasteiger partial charge < -0.3 is 15.4 Å². The van der Waals surface area contributed by atoms with Gasteiger partial charge in [0.15, 0.2) is 0 Å². The fourth-order valence-electron chi connectivity index (χ4n) is 3.27. The Labute approximate surface area is 189 Å². The summed E-state index contributed by atoms with van der Waals surface area (Å²) in [4.78, 5) is 24.3. The molecule has 0 unspecified atom stereocenters. The first-order valence-electron chi connectivity index (χ1n) is 11.0. The molecule has 0 radical (unpaired) electrons. The van der Waals surface area contributed by atoms with Crippen molar-refractivity contribution in [1.29, 1.82) is 0 Å². The highest BCUT2D eigenvalue weighted by Gasteiger charge is 2.10. The number of nitrogens with one attached hydrogen (secondary N) is 2. The fraction of sp³-hybridized carbons (Fsp3) is 0.259. The molecule has 32 heavy (non-hydrogen) atoms. The minimum absolute atomic E-state index is 0.0641. The molecule has 5 nitrogen and oxygen atoms in total. The monoisotopic (exact) mass is 430 g/mol. The first-order chi connectivity index (χ1) is 15.6. The van der Waals surface area contributed by atoms with E-state index in [1.165, 1.54) is 5.56 Å². The highest BCUT2D eigenvalue weighted by molar-refractivity contribution is 5.93. The summed E-state index contributed by atoms with van der Waals surface area (Å²) in [5.74, 6) is 0.441. The zero-order chi connectivity index (χ0) is 22.6. The van der Waals surface area contributed by atoms with Gasteiger partial charge in [0.05, 0.1) is 0 Å². The van der Waals surface area contributed by atoms with E-state index < -0.39 is 0 Å². The van der Waals surface area contributed by atoms with E-state index in [0.717, 1.165) is 24.2 Å². The normalized spacial score (nSPS) is 11.4. The number of hydrogen-bond acceptors (Lipinski definition) is 3. The molecule has 0 saturated heterocycles. The SMILES string of the molecule is C[C@H](CCc1ccccc1)NC(=O)CCC(=O)Nc1ccc(OCc2ccccc2)cc1. The second-order valence-corrected chi connectivity index (χ2v) is 7.84. The maximum Gasteiger partial charge on any atom is 0.224 e. The summed E-state index contributed by atoms with van der Waals surface area (Å²) < 4.78 is 5.75. The summed E-state index contributed by atoms with van der Waals surface area (Å²) in [7, 11) is 0. The zero-order valence-corrected chi connectivity index (χ0v) is 18.4. The largest absolute Gasteiger partial charge is 0.489 e. The molecule has 0 saturated carbocycles. The topological polar surface area (TPSA) is 67.4 Å². The molecule has 0 bridgehead atoms. The predicted octanol–water partition coefficient (Wildman–Crippen LogP) is 5.12. The van der Waals surface area contributed by atoms with Crippen molar-refractivity contribution in [3.05, 3.63) is 96.1 Å². The Bertz CT molecular complexity index is 973. The number of carbonyl (C=O) groups excluding carboxylic acids is 2. The Morgan fingerprint density at radius 1 is 0.781 bits per heavy atom. The maximum absolute atomic E-state index is 12.2. The van der Waals surface area contributed by atoms with E-state index in [4.69, 9.17) is 4.74 Å². The van der Waals surface area contributed by atoms with Crippen LogP contribution in [0.3, 0.4) is 0 Å². The zero-order valence-electron chi connectivity index (χ0n) is 18.4. The van der Waals surface area contributed by atoms with Gasteiger partial charge >= 0.3 is 0 Å². The van der Waals surface area contributed by atoms with Crippen molar-refractivity contribution in [1.82, 2.24) is 5.32 Å². The van der Waals surface area contributed by atoms with Crippen LogP contribution in [0.15, 0.2) is 84.9 Å². The van der Waals surface area contributed by atoms with Gasteiger partial charge in [-0.3, -0.25) is 9.59 Å². The van der Waals surface area contributed by atoms with Crippen molar-refractivity contribution in [3.63, 3.8) is 0 Å². The third kappa shape index (κ3) is 8.26. The second kappa shape index (κ2) is 12.3. The van der Waals surface area contributed by atoms with Crippen LogP contribution in [0, 0.1) is 0 Å². The summed E-state index contributed by atoms with van der Waals surface area (Å²) in [6, 6.07) is 27.4. The van der Waals surface area contributed by atoms with Gasteiger partial charge in [0, 0.05) is 24.6 Å². The number of aryl methyl sites for hydroxylation is 1. The molecule has 3 aromatic rings. The van der Waals surface area contributed by atoms with Crippen molar-refractivity contribution in [2.24, 2.45) is 0 Å². The lowest BCUT2D eigenvalue weighted by Crippen LogP contribution is -2.33. The highest BCUT2D eigenvalue weighted by Crippen LogP contribution is 2.17. The summed E-state index contributed by atoms with van der Waals surface area (Å²) in [6.07, 6.45) is 2.08. The van der Waals surface area contributed by atoms with Crippen molar-refractivity contribution in [2.75, 3.05) is 5.32 Å². The van der Waals surface area contributed by atoms with E-state index in [1.54, 1.807) is 12.1 Å². The molecule has 1 atom stereocenters. The third-order valence-corrected chi connectivity index (χ3v) is 5.08. The van der Waals surface area contributed by atoms with Crippen LogP contribution < -0.4 is 15.4 Å². The lowest BCUT2D eigenvalue weighted by Gasteiger charge is -2.14. The Kier molecular flexibility index (Phi) is 8.87. The maximum atomic E-state index is 12.2. The molecule has 0 heterocycles. The van der Waals surface area contributed by atoms with Gasteiger partial charge in [0.25, 0.3) is 0 Å². The number of ether oxygens (including phenoxy) is 1. The number of amides is 2. The van der Waals surface area contributed by atoms with E-state index in [2.05, 4.69) is 22.8 Å². The average Bonchev–Trinajstić information content (AvgIpc) is 2.82. The quantitative estimate of drug-likeness (QED) is 0.444. The first-order valence-corrected chi connectivity index (χ1v) is 11.0. The van der Waals surface area contributed by atoms with Crippen LogP contribution in [0.25, 0.3) is 0 Å². The van der Waals surface area contributed by atoms with E-state index in [9.17, 15) is 9.59 Å². The molecule has 3 aromatic carbocycles. The smallest absolute Gasteiger partial charge is 0.224 e. The molecule has 0 spiro atoms. The standard InChI is InChI=1S/C27H30N2O3/c1-21(12-13-22-8-4-2-5-9-22)28-26(30)18-19-27(31)29-24-14-16-25(17-15-24)32-20-23-10-6-3-7-11-23/h2-11,14-17,21H,12-13,18-20H2,1H3,(H,28,30)(H,29,31)/t21-/m1/s1. The number of carbonyl (C=O) groups is 2. The van der Waals surface area contributed by atoms with Crippen LogP contribution in [-0.4, -0.2) is 17.9 Å². The van der Waals surface area contributed by atoms with Crippen molar-refractivity contribution < 1.29 is 14.3 Å². The number of benzene rings is 3. The number of anilines is 1. The second-order valence-electron chi connectivity index (χ2n) is 7.84. The molecule has 5 heteroatoms. The number of rotatable bonds is 11. The van der Waals surface area contributed by atoms with Crippen molar-refractivity contribution >= 4 is 17.5 Å². The molecule has 2 amide bonds. The molecular formula is C27H30N2O3.